The Morgan fingerprint density at radius 1 is 1.06 bits per heavy atom. The molecule has 2 heterocycles. The van der Waals surface area contributed by atoms with Gasteiger partial charge in [0.15, 0.2) is 11.5 Å². The highest BCUT2D eigenvalue weighted by Crippen LogP contribution is 2.53. The summed E-state index contributed by atoms with van der Waals surface area (Å²) in [6, 6.07) is 11.7. The number of nitrogens with zero attached hydrogens (tertiary/aromatic N) is 4. The van der Waals surface area contributed by atoms with Crippen molar-refractivity contribution in [1.29, 1.82) is 0 Å². The number of nitrogens with two attached hydrogens (primary N) is 1. The molecule has 0 saturated heterocycles. The monoisotopic (exact) mass is 484 g/mol. The van der Waals surface area contributed by atoms with Gasteiger partial charge in [0.05, 0.1) is 16.8 Å². The maximum Gasteiger partial charge on any atom is 0.270 e. The Balaban J connectivity index is 1.65. The second-order valence-electron chi connectivity index (χ2n) is 7.92. The minimum Gasteiger partial charge on any atom is -0.414 e. The van der Waals surface area contributed by atoms with Gasteiger partial charge in [-0.05, 0) is 50.7 Å². The molecule has 0 atom stereocenters. The number of hydrogen-bond acceptors (Lipinski definition) is 9. The highest BCUT2D eigenvalue weighted by Gasteiger charge is 2.24. The van der Waals surface area contributed by atoms with Gasteiger partial charge < -0.3 is 15.5 Å². The molecular weight excluding hydrogens is 459 g/mol. The molecule has 0 unspecified atom stereocenters. The Morgan fingerprint density at radius 3 is 2.38 bits per heavy atom. The molecule has 0 bridgehead atoms. The van der Waals surface area contributed by atoms with Gasteiger partial charge in [0.25, 0.3) is 5.89 Å². The van der Waals surface area contributed by atoms with Crippen molar-refractivity contribution in [3.63, 3.8) is 0 Å². The molecule has 0 saturated carbocycles. The Bertz CT molecular complexity index is 1310. The van der Waals surface area contributed by atoms with Crippen LogP contribution in [0.1, 0.15) is 19.4 Å². The van der Waals surface area contributed by atoms with E-state index in [0.29, 0.717) is 17.1 Å². The zero-order valence-electron chi connectivity index (χ0n) is 18.9. The van der Waals surface area contributed by atoms with Gasteiger partial charge in [-0.1, -0.05) is 18.2 Å². The molecule has 0 spiro atoms. The summed E-state index contributed by atoms with van der Waals surface area (Å²) in [5.74, 6) is -0.290. The number of hydrogen-bond donors (Lipinski definition) is 4. The summed E-state index contributed by atoms with van der Waals surface area (Å²) in [4.78, 5) is 8.45. The van der Waals surface area contributed by atoms with E-state index in [1.807, 2.05) is 31.3 Å². The molecule has 4 aromatic rings. The average molecular weight is 485 g/mol. The van der Waals surface area contributed by atoms with Crippen LogP contribution in [0.4, 0.5) is 10.2 Å². The summed E-state index contributed by atoms with van der Waals surface area (Å²) in [5.41, 5.74) is 8.71. The molecule has 0 aliphatic heterocycles. The first-order valence-corrected chi connectivity index (χ1v) is 12.1. The van der Waals surface area contributed by atoms with E-state index in [2.05, 4.69) is 25.5 Å². The van der Waals surface area contributed by atoms with Crippen LogP contribution in [-0.4, -0.2) is 41.6 Å². The third kappa shape index (κ3) is 4.64. The molecule has 2 aromatic carbocycles. The van der Waals surface area contributed by atoms with E-state index in [1.165, 1.54) is 18.3 Å². The summed E-state index contributed by atoms with van der Waals surface area (Å²) in [6.07, 6.45) is 1.39. The van der Waals surface area contributed by atoms with Crippen LogP contribution in [0.25, 0.3) is 34.3 Å². The fourth-order valence-corrected chi connectivity index (χ4v) is 4.38. The Hall–Kier alpha value is -3.38. The summed E-state index contributed by atoms with van der Waals surface area (Å²) in [5, 5.41) is 10.7. The molecule has 0 amide bonds. The highest BCUT2D eigenvalue weighted by atomic mass is 32.3. The number of benzene rings is 2. The molecule has 34 heavy (non-hydrogen) atoms. The van der Waals surface area contributed by atoms with Crippen molar-refractivity contribution in [2.45, 2.75) is 30.5 Å². The highest BCUT2D eigenvalue weighted by molar-refractivity contribution is 8.24. The van der Waals surface area contributed by atoms with Gasteiger partial charge in [-0.2, -0.15) is 10.6 Å². The minimum atomic E-state index is -3.26. The maximum absolute atomic E-state index is 14.7. The van der Waals surface area contributed by atoms with Crippen LogP contribution in [0, 0.1) is 5.82 Å². The lowest BCUT2D eigenvalue weighted by atomic mass is 10.1. The van der Waals surface area contributed by atoms with Crippen LogP contribution in [0.5, 0.6) is 0 Å². The van der Waals surface area contributed by atoms with E-state index in [4.69, 9.17) is 10.2 Å². The summed E-state index contributed by atoms with van der Waals surface area (Å²) in [6.45, 7) is 3.98. The fraction of sp³-hybridized carbons (Fsp3) is 0.217. The van der Waals surface area contributed by atoms with Crippen LogP contribution in [0.3, 0.4) is 0 Å². The van der Waals surface area contributed by atoms with Crippen LogP contribution in [-0.2, 0) is 6.54 Å². The normalized spacial score (nSPS) is 12.3. The molecule has 0 fully saturated rings. The quantitative estimate of drug-likeness (QED) is 0.290. The van der Waals surface area contributed by atoms with Crippen molar-refractivity contribution in [2.75, 3.05) is 12.8 Å². The second kappa shape index (κ2) is 9.47. The Morgan fingerprint density at radius 2 is 1.74 bits per heavy atom. The van der Waals surface area contributed by atoms with Gasteiger partial charge >= 0.3 is 0 Å². The van der Waals surface area contributed by atoms with E-state index >= 15 is 0 Å². The predicted octanol–water partition coefficient (Wildman–Crippen LogP) is 4.82. The minimum absolute atomic E-state index is 0.0761. The van der Waals surface area contributed by atoms with Crippen LogP contribution >= 0.6 is 10.6 Å². The number of nitrogens with one attached hydrogen (secondary N) is 1. The van der Waals surface area contributed by atoms with E-state index in [1.54, 1.807) is 19.9 Å². The van der Waals surface area contributed by atoms with Crippen LogP contribution in [0.2, 0.25) is 0 Å². The SMILES string of the molecule is CNCc1ccc(-c2nnc(-c3nc(-c4ccc(S(O)(O)C(C)C)c(F)c4)cnc3N)o2)cc1. The van der Waals surface area contributed by atoms with E-state index in [-0.39, 0.29) is 22.3 Å². The number of halogens is 1. The molecule has 5 N–H and O–H groups in total. The maximum atomic E-state index is 14.7. The molecule has 2 aromatic heterocycles. The first-order chi connectivity index (χ1) is 16.2. The van der Waals surface area contributed by atoms with Crippen molar-refractivity contribution >= 4 is 16.4 Å². The lowest BCUT2D eigenvalue weighted by molar-refractivity contribution is 0.466. The summed E-state index contributed by atoms with van der Waals surface area (Å²) >= 11 is 0. The van der Waals surface area contributed by atoms with Gasteiger partial charge in [-0.25, -0.2) is 14.4 Å². The smallest absolute Gasteiger partial charge is 0.270 e. The molecular formula is C23H25FN6O3S. The number of rotatable bonds is 7. The number of nitrogen functional groups attached to an aromatic ring is 1. The van der Waals surface area contributed by atoms with Crippen molar-refractivity contribution in [1.82, 2.24) is 25.5 Å². The van der Waals surface area contributed by atoms with Gasteiger partial charge in [0.2, 0.25) is 5.89 Å². The number of aromatic nitrogens is 4. The molecule has 0 aliphatic carbocycles. The summed E-state index contributed by atoms with van der Waals surface area (Å²) in [7, 11) is -1.39. The van der Waals surface area contributed by atoms with Crippen molar-refractivity contribution < 1.29 is 17.9 Å². The third-order valence-corrected chi connectivity index (χ3v) is 7.51. The topological polar surface area (TPSA) is 143 Å². The van der Waals surface area contributed by atoms with Gasteiger partial charge in [-0.3, -0.25) is 9.11 Å². The van der Waals surface area contributed by atoms with Gasteiger partial charge in [-0.15, -0.1) is 10.2 Å². The van der Waals surface area contributed by atoms with Crippen molar-refractivity contribution in [3.05, 3.63) is 60.0 Å². The predicted molar refractivity (Wildman–Crippen MR) is 130 cm³/mol. The standard InChI is InChI=1S/C23H25FN6O3S/c1-13(2)34(31,32)19-9-8-16(10-17(19)24)18-12-27-21(25)20(28-18)23-30-29-22(33-23)15-6-4-14(5-7-15)11-26-3/h4-10,12-13,26,31-32H,11H2,1-3H3,(H2,25,27). The zero-order valence-corrected chi connectivity index (χ0v) is 19.7. The number of anilines is 1. The molecule has 0 aliphatic rings. The van der Waals surface area contributed by atoms with Gasteiger partial charge in [0.1, 0.15) is 5.82 Å². The summed E-state index contributed by atoms with van der Waals surface area (Å²) < 4.78 is 41.1. The zero-order chi connectivity index (χ0) is 24.5. The van der Waals surface area contributed by atoms with Crippen molar-refractivity contribution in [3.8, 4) is 34.3 Å². The van der Waals surface area contributed by atoms with Gasteiger partial charge in [0, 0.05) is 22.9 Å². The van der Waals surface area contributed by atoms with Crippen molar-refractivity contribution in [2.24, 2.45) is 0 Å². The Kier molecular flexibility index (Phi) is 6.62. The molecule has 11 heteroatoms. The fourth-order valence-electron chi connectivity index (χ4n) is 3.26. The van der Waals surface area contributed by atoms with E-state index < -0.39 is 21.7 Å². The lowest BCUT2D eigenvalue weighted by Gasteiger charge is -2.36. The lowest BCUT2D eigenvalue weighted by Crippen LogP contribution is -2.12. The third-order valence-electron chi connectivity index (χ3n) is 5.22. The van der Waals surface area contributed by atoms with Crippen LogP contribution < -0.4 is 11.1 Å². The van der Waals surface area contributed by atoms with Crippen LogP contribution in [0.15, 0.2) is 58.0 Å². The molecule has 0 radical (unpaired) electrons. The van der Waals surface area contributed by atoms with E-state index in [9.17, 15) is 13.5 Å². The molecule has 4 rings (SSSR count). The van der Waals surface area contributed by atoms with E-state index in [0.717, 1.165) is 17.7 Å². The average Bonchev–Trinajstić information content (AvgIpc) is 3.30. The molecule has 178 valence electrons. The first-order valence-electron chi connectivity index (χ1n) is 10.5. The largest absolute Gasteiger partial charge is 0.414 e. The Labute approximate surface area is 197 Å². The molecule has 9 nitrogen and oxygen atoms in total. The second-order valence-corrected chi connectivity index (χ2v) is 10.5. The first kappa shape index (κ1) is 23.8.